The first-order valence-corrected chi connectivity index (χ1v) is 5.90. The van der Waals surface area contributed by atoms with Crippen LogP contribution in [0, 0.1) is 6.92 Å². The van der Waals surface area contributed by atoms with Crippen LogP contribution in [0.3, 0.4) is 0 Å². The molecule has 0 radical (unpaired) electrons. The van der Waals surface area contributed by atoms with Crippen LogP contribution in [0.5, 0.6) is 0 Å². The lowest BCUT2D eigenvalue weighted by Crippen LogP contribution is -2.38. The van der Waals surface area contributed by atoms with E-state index in [-0.39, 0.29) is 11.2 Å². The second-order valence-electron chi connectivity index (χ2n) is 4.57. The van der Waals surface area contributed by atoms with Crippen LogP contribution < -0.4 is 16.6 Å². The fraction of sp³-hybridized carbons (Fsp3) is 0.417. The molecule has 0 bridgehead atoms. The minimum atomic E-state index is -0.327. The van der Waals surface area contributed by atoms with Crippen molar-refractivity contribution in [3.05, 3.63) is 44.5 Å². The number of aryl methyl sites for hydroxylation is 3. The second kappa shape index (κ2) is 4.75. The molecular weight excluding hydrogens is 246 g/mol. The molecule has 0 aromatic carbocycles. The van der Waals surface area contributed by atoms with E-state index in [9.17, 15) is 9.59 Å². The van der Waals surface area contributed by atoms with Crippen molar-refractivity contribution in [1.29, 1.82) is 0 Å². The molecule has 0 saturated heterocycles. The molecule has 0 fully saturated rings. The lowest BCUT2D eigenvalue weighted by molar-refractivity contribution is 0.671. The Labute approximate surface area is 110 Å². The molecule has 0 aliphatic rings. The molecular formula is C12H17N5O2. The molecule has 2 rings (SSSR count). The van der Waals surface area contributed by atoms with Crippen molar-refractivity contribution in [1.82, 2.24) is 18.9 Å². The minimum Gasteiger partial charge on any atom is -0.378 e. The Morgan fingerprint density at radius 1 is 1.21 bits per heavy atom. The van der Waals surface area contributed by atoms with Gasteiger partial charge in [0.2, 0.25) is 0 Å². The number of hydrogen-bond acceptors (Lipinski definition) is 4. The lowest BCUT2D eigenvalue weighted by atomic mass is 10.3. The van der Waals surface area contributed by atoms with Gasteiger partial charge < -0.3 is 9.88 Å². The summed E-state index contributed by atoms with van der Waals surface area (Å²) >= 11 is 0. The van der Waals surface area contributed by atoms with Gasteiger partial charge in [-0.05, 0) is 6.92 Å². The topological polar surface area (TPSA) is 73.8 Å². The van der Waals surface area contributed by atoms with Crippen molar-refractivity contribution >= 4 is 5.69 Å². The molecule has 1 N–H and O–H groups in total. The molecule has 2 heterocycles. The van der Waals surface area contributed by atoms with Gasteiger partial charge >= 0.3 is 5.69 Å². The van der Waals surface area contributed by atoms with Crippen LogP contribution in [-0.2, 0) is 27.7 Å². The first-order chi connectivity index (χ1) is 8.90. The Balaban J connectivity index is 2.28. The highest BCUT2D eigenvalue weighted by atomic mass is 16.2. The third-order valence-electron chi connectivity index (χ3n) is 3.00. The molecule has 7 heteroatoms. The third-order valence-corrected chi connectivity index (χ3v) is 3.00. The van der Waals surface area contributed by atoms with Crippen molar-refractivity contribution in [3.63, 3.8) is 0 Å². The van der Waals surface area contributed by atoms with Gasteiger partial charge in [-0.1, -0.05) is 0 Å². The highest BCUT2D eigenvalue weighted by Crippen LogP contribution is 2.11. The normalized spacial score (nSPS) is 10.7. The molecule has 0 atom stereocenters. The van der Waals surface area contributed by atoms with Crippen molar-refractivity contribution in [2.24, 2.45) is 21.1 Å². The van der Waals surface area contributed by atoms with Crippen molar-refractivity contribution < 1.29 is 0 Å². The van der Waals surface area contributed by atoms with E-state index in [1.165, 1.54) is 11.6 Å². The Kier molecular flexibility index (Phi) is 3.28. The predicted molar refractivity (Wildman–Crippen MR) is 72.2 cm³/mol. The number of nitrogens with zero attached hydrogens (tertiary/aromatic N) is 4. The zero-order valence-electron chi connectivity index (χ0n) is 11.5. The Morgan fingerprint density at radius 2 is 1.89 bits per heavy atom. The third kappa shape index (κ3) is 2.44. The quantitative estimate of drug-likeness (QED) is 0.828. The predicted octanol–water partition coefficient (Wildman–Crippen LogP) is -0.262. The van der Waals surface area contributed by atoms with Crippen LogP contribution in [-0.4, -0.2) is 18.9 Å². The van der Waals surface area contributed by atoms with E-state index >= 15 is 0 Å². The number of nitrogens with one attached hydrogen (secondary N) is 1. The standard InChI is InChI=1S/C12H17N5O2/c1-8-10(7-16(3)14-8)13-5-9-6-15(2)12(19)17(4)11(9)18/h6-7,13H,5H2,1-4H3. The summed E-state index contributed by atoms with van der Waals surface area (Å²) in [7, 11) is 4.94. The summed E-state index contributed by atoms with van der Waals surface area (Å²) in [5, 5.41) is 7.36. The van der Waals surface area contributed by atoms with Gasteiger partial charge in [0.15, 0.2) is 0 Å². The van der Waals surface area contributed by atoms with Gasteiger partial charge in [0.25, 0.3) is 5.56 Å². The van der Waals surface area contributed by atoms with Gasteiger partial charge in [-0.2, -0.15) is 5.10 Å². The van der Waals surface area contributed by atoms with Gasteiger partial charge in [-0.3, -0.25) is 14.0 Å². The van der Waals surface area contributed by atoms with Crippen LogP contribution in [0.4, 0.5) is 5.69 Å². The van der Waals surface area contributed by atoms with Crippen LogP contribution in [0.2, 0.25) is 0 Å². The average molecular weight is 263 g/mol. The largest absolute Gasteiger partial charge is 0.378 e. The summed E-state index contributed by atoms with van der Waals surface area (Å²) < 4.78 is 4.21. The molecule has 19 heavy (non-hydrogen) atoms. The summed E-state index contributed by atoms with van der Waals surface area (Å²) in [6.07, 6.45) is 3.41. The maximum Gasteiger partial charge on any atom is 0.330 e. The van der Waals surface area contributed by atoms with Gasteiger partial charge in [-0.15, -0.1) is 0 Å². The fourth-order valence-electron chi connectivity index (χ4n) is 1.97. The van der Waals surface area contributed by atoms with Gasteiger partial charge in [0, 0.05) is 40.1 Å². The van der Waals surface area contributed by atoms with Crippen molar-refractivity contribution in [2.45, 2.75) is 13.5 Å². The van der Waals surface area contributed by atoms with Crippen LogP contribution in [0.15, 0.2) is 22.0 Å². The summed E-state index contributed by atoms with van der Waals surface area (Å²) in [6.45, 7) is 2.24. The van der Waals surface area contributed by atoms with Crippen LogP contribution >= 0.6 is 0 Å². The highest BCUT2D eigenvalue weighted by molar-refractivity contribution is 5.45. The minimum absolute atomic E-state index is 0.280. The first kappa shape index (κ1) is 13.1. The molecule has 0 aliphatic heterocycles. The van der Waals surface area contributed by atoms with E-state index in [4.69, 9.17) is 0 Å². The van der Waals surface area contributed by atoms with E-state index in [0.29, 0.717) is 12.1 Å². The Bertz CT molecular complexity index is 723. The summed E-state index contributed by atoms with van der Waals surface area (Å²) in [4.78, 5) is 23.5. The summed E-state index contributed by atoms with van der Waals surface area (Å²) in [5.74, 6) is 0. The summed E-state index contributed by atoms with van der Waals surface area (Å²) in [6, 6.07) is 0. The van der Waals surface area contributed by atoms with Crippen LogP contribution in [0.1, 0.15) is 11.3 Å². The van der Waals surface area contributed by atoms with Gasteiger partial charge in [0.05, 0.1) is 16.9 Å². The molecule has 0 amide bonds. The average Bonchev–Trinajstić information content (AvgIpc) is 2.68. The number of anilines is 1. The maximum absolute atomic E-state index is 11.9. The number of hydrogen-bond donors (Lipinski definition) is 1. The highest BCUT2D eigenvalue weighted by Gasteiger charge is 2.08. The van der Waals surface area contributed by atoms with Gasteiger partial charge in [0.1, 0.15) is 0 Å². The number of rotatable bonds is 3. The molecule has 0 aliphatic carbocycles. The number of aromatic nitrogens is 4. The molecule has 7 nitrogen and oxygen atoms in total. The second-order valence-corrected chi connectivity index (χ2v) is 4.57. The smallest absolute Gasteiger partial charge is 0.330 e. The lowest BCUT2D eigenvalue weighted by Gasteiger charge is -2.08. The van der Waals surface area contributed by atoms with E-state index in [2.05, 4.69) is 10.4 Å². The molecule has 0 spiro atoms. The zero-order chi connectivity index (χ0) is 14.2. The Morgan fingerprint density at radius 3 is 2.47 bits per heavy atom. The van der Waals surface area contributed by atoms with E-state index in [0.717, 1.165) is 15.9 Å². The monoisotopic (exact) mass is 263 g/mol. The molecule has 0 unspecified atom stereocenters. The van der Waals surface area contributed by atoms with Gasteiger partial charge in [-0.25, -0.2) is 4.79 Å². The van der Waals surface area contributed by atoms with E-state index < -0.39 is 0 Å². The summed E-state index contributed by atoms with van der Waals surface area (Å²) in [5.41, 5.74) is 1.67. The van der Waals surface area contributed by atoms with Crippen LogP contribution in [0.25, 0.3) is 0 Å². The van der Waals surface area contributed by atoms with E-state index in [1.54, 1.807) is 17.9 Å². The molecule has 102 valence electrons. The van der Waals surface area contributed by atoms with Crippen molar-refractivity contribution in [2.75, 3.05) is 5.32 Å². The molecule has 2 aromatic rings. The SMILES string of the molecule is Cc1nn(C)cc1NCc1cn(C)c(=O)n(C)c1=O. The Hall–Kier alpha value is -2.31. The fourth-order valence-corrected chi connectivity index (χ4v) is 1.97. The maximum atomic E-state index is 11.9. The van der Waals surface area contributed by atoms with Crippen molar-refractivity contribution in [3.8, 4) is 0 Å². The first-order valence-electron chi connectivity index (χ1n) is 5.90. The zero-order valence-corrected chi connectivity index (χ0v) is 11.5. The van der Waals surface area contributed by atoms with E-state index in [1.807, 2.05) is 20.2 Å². The molecule has 2 aromatic heterocycles. The molecule has 0 saturated carbocycles.